The first-order chi connectivity index (χ1) is 14.2. The van der Waals surface area contributed by atoms with E-state index >= 15 is 0 Å². The number of rotatable bonds is 8. The van der Waals surface area contributed by atoms with Crippen LogP contribution in [0.15, 0.2) is 24.3 Å². The fourth-order valence-corrected chi connectivity index (χ4v) is 5.64. The molecule has 1 aliphatic heterocycles. The number of benzene rings is 1. The summed E-state index contributed by atoms with van der Waals surface area (Å²) >= 11 is 6.33. The largest absolute Gasteiger partial charge is 0.417 e. The van der Waals surface area contributed by atoms with Gasteiger partial charge in [-0.2, -0.15) is 0 Å². The Morgan fingerprint density at radius 1 is 1.13 bits per heavy atom. The van der Waals surface area contributed by atoms with Crippen LogP contribution < -0.4 is 0 Å². The van der Waals surface area contributed by atoms with Gasteiger partial charge in [0.05, 0.1) is 5.60 Å². The van der Waals surface area contributed by atoms with Crippen molar-refractivity contribution in [2.75, 3.05) is 19.7 Å². The summed E-state index contributed by atoms with van der Waals surface area (Å²) in [7, 11) is -1.72. The molecule has 31 heavy (non-hydrogen) atoms. The van der Waals surface area contributed by atoms with Crippen LogP contribution in [-0.4, -0.2) is 43.6 Å². The summed E-state index contributed by atoms with van der Waals surface area (Å²) in [5, 5.41) is 13.0. The number of aliphatic hydroxyl groups is 1. The third-order valence-electron chi connectivity index (χ3n) is 7.59. The zero-order chi connectivity index (χ0) is 23.5. The lowest BCUT2D eigenvalue weighted by Crippen LogP contribution is -2.52. The Morgan fingerprint density at radius 2 is 1.81 bits per heavy atom. The number of piperidine rings is 1. The summed E-state index contributed by atoms with van der Waals surface area (Å²) in [6.07, 6.45) is 4.85. The zero-order valence-corrected chi connectivity index (χ0v) is 23.0. The molecule has 1 aromatic carbocycles. The van der Waals surface area contributed by atoms with Gasteiger partial charge in [0, 0.05) is 29.6 Å². The van der Waals surface area contributed by atoms with Gasteiger partial charge in [-0.25, -0.2) is 0 Å². The zero-order valence-electron chi connectivity index (χ0n) is 21.2. The Labute approximate surface area is 197 Å². The van der Waals surface area contributed by atoms with Crippen molar-refractivity contribution in [3.8, 4) is 0 Å². The van der Waals surface area contributed by atoms with E-state index in [9.17, 15) is 5.11 Å². The van der Waals surface area contributed by atoms with E-state index in [-0.39, 0.29) is 16.5 Å². The molecule has 1 saturated heterocycles. The number of unbranched alkanes of at least 4 members (excludes halogenated alkanes) is 1. The molecular weight excluding hydrogens is 422 g/mol. The standard InChI is InChI=1S/C26H46ClNO2Si/c1-24(2,3)28-17-12-14-22(20-28)26(29,21-13-11-15-23(27)19-21)16-9-10-18-30-31(7,8)25(4,5)6/h11,13,15,19,22,29H,9-10,12,14,16-18,20H2,1-8H3/t22-,26-/m1/s1. The maximum Gasteiger partial charge on any atom is 0.191 e. The molecule has 2 atom stereocenters. The van der Waals surface area contributed by atoms with Crippen molar-refractivity contribution in [3.63, 3.8) is 0 Å². The predicted molar refractivity (Wildman–Crippen MR) is 136 cm³/mol. The molecule has 5 heteroatoms. The Hall–Kier alpha value is -0.393. The molecule has 0 amide bonds. The van der Waals surface area contributed by atoms with Crippen molar-refractivity contribution >= 4 is 19.9 Å². The van der Waals surface area contributed by atoms with Crippen molar-refractivity contribution in [2.45, 2.75) is 103 Å². The van der Waals surface area contributed by atoms with E-state index in [4.69, 9.17) is 16.0 Å². The molecular formula is C26H46ClNO2Si. The highest BCUT2D eigenvalue weighted by Crippen LogP contribution is 2.42. The first-order valence-corrected chi connectivity index (χ1v) is 15.3. The van der Waals surface area contributed by atoms with Crippen molar-refractivity contribution in [1.29, 1.82) is 0 Å². The summed E-state index contributed by atoms with van der Waals surface area (Å²) in [5.41, 5.74) is 0.225. The lowest BCUT2D eigenvalue weighted by molar-refractivity contribution is -0.0739. The van der Waals surface area contributed by atoms with Gasteiger partial charge in [0.25, 0.3) is 0 Å². The second-order valence-electron chi connectivity index (χ2n) is 12.0. The highest BCUT2D eigenvalue weighted by atomic mass is 35.5. The summed E-state index contributed by atoms with van der Waals surface area (Å²) in [6, 6.07) is 7.87. The van der Waals surface area contributed by atoms with Crippen molar-refractivity contribution < 1.29 is 9.53 Å². The van der Waals surface area contributed by atoms with Gasteiger partial charge in [0.1, 0.15) is 0 Å². The quantitative estimate of drug-likeness (QED) is 0.323. The van der Waals surface area contributed by atoms with Gasteiger partial charge in [-0.05, 0) is 95.2 Å². The van der Waals surface area contributed by atoms with Gasteiger partial charge in [-0.1, -0.05) is 44.5 Å². The molecule has 1 aromatic rings. The maximum atomic E-state index is 12.1. The lowest BCUT2D eigenvalue weighted by atomic mass is 9.73. The van der Waals surface area contributed by atoms with Gasteiger partial charge in [-0.3, -0.25) is 4.90 Å². The first kappa shape index (κ1) is 26.9. The smallest absolute Gasteiger partial charge is 0.191 e. The molecule has 0 saturated carbocycles. The minimum absolute atomic E-state index is 0.116. The molecule has 0 aromatic heterocycles. The molecule has 1 N–H and O–H groups in total. The van der Waals surface area contributed by atoms with Crippen LogP contribution in [0.25, 0.3) is 0 Å². The number of nitrogens with zero attached hydrogens (tertiary/aromatic N) is 1. The highest BCUT2D eigenvalue weighted by Gasteiger charge is 2.42. The van der Waals surface area contributed by atoms with E-state index in [1.165, 1.54) is 0 Å². The normalized spacial score (nSPS) is 21.2. The van der Waals surface area contributed by atoms with Crippen molar-refractivity contribution in [1.82, 2.24) is 4.90 Å². The van der Waals surface area contributed by atoms with E-state index < -0.39 is 13.9 Å². The van der Waals surface area contributed by atoms with Crippen LogP contribution in [-0.2, 0) is 10.0 Å². The van der Waals surface area contributed by atoms with Gasteiger partial charge >= 0.3 is 0 Å². The van der Waals surface area contributed by atoms with Crippen LogP contribution >= 0.6 is 11.6 Å². The average Bonchev–Trinajstić information content (AvgIpc) is 2.66. The minimum Gasteiger partial charge on any atom is -0.417 e. The van der Waals surface area contributed by atoms with E-state index in [0.29, 0.717) is 5.02 Å². The number of hydrogen-bond acceptors (Lipinski definition) is 3. The highest BCUT2D eigenvalue weighted by molar-refractivity contribution is 6.74. The molecule has 0 bridgehead atoms. The number of likely N-dealkylation sites (tertiary alicyclic amines) is 1. The molecule has 1 aliphatic rings. The van der Waals surface area contributed by atoms with Gasteiger partial charge in [0.2, 0.25) is 0 Å². The van der Waals surface area contributed by atoms with E-state index in [2.05, 4.69) is 59.5 Å². The number of hydrogen-bond donors (Lipinski definition) is 1. The summed E-state index contributed by atoms with van der Waals surface area (Å²) in [6.45, 7) is 21.1. The fraction of sp³-hybridized carbons (Fsp3) is 0.769. The van der Waals surface area contributed by atoms with Crippen LogP contribution in [0.1, 0.15) is 79.2 Å². The monoisotopic (exact) mass is 467 g/mol. The minimum atomic E-state index is -1.72. The Bertz CT molecular complexity index is 710. The van der Waals surface area contributed by atoms with Crippen molar-refractivity contribution in [3.05, 3.63) is 34.9 Å². The Morgan fingerprint density at radius 3 is 2.39 bits per heavy atom. The van der Waals surface area contributed by atoms with E-state index in [1.807, 2.05) is 24.3 Å². The lowest BCUT2D eigenvalue weighted by Gasteiger charge is -2.47. The molecule has 3 nitrogen and oxygen atoms in total. The summed E-state index contributed by atoms with van der Waals surface area (Å²) < 4.78 is 6.37. The van der Waals surface area contributed by atoms with Crippen LogP contribution in [0.5, 0.6) is 0 Å². The predicted octanol–water partition coefficient (Wildman–Crippen LogP) is 7.23. The van der Waals surface area contributed by atoms with Crippen LogP contribution in [0.3, 0.4) is 0 Å². The molecule has 0 spiro atoms. The fourth-order valence-electron chi connectivity index (χ4n) is 4.36. The maximum absolute atomic E-state index is 12.1. The second kappa shape index (κ2) is 10.3. The number of halogens is 1. The average molecular weight is 468 g/mol. The van der Waals surface area contributed by atoms with E-state index in [1.54, 1.807) is 0 Å². The molecule has 0 radical (unpaired) electrons. The van der Waals surface area contributed by atoms with Gasteiger partial charge in [-0.15, -0.1) is 0 Å². The molecule has 2 rings (SSSR count). The van der Waals surface area contributed by atoms with Crippen LogP contribution in [0.2, 0.25) is 23.2 Å². The first-order valence-electron chi connectivity index (χ1n) is 12.0. The van der Waals surface area contributed by atoms with Crippen molar-refractivity contribution in [2.24, 2.45) is 5.92 Å². The van der Waals surface area contributed by atoms with E-state index in [0.717, 1.165) is 57.4 Å². The third kappa shape index (κ3) is 7.04. The third-order valence-corrected chi connectivity index (χ3v) is 12.4. The van der Waals surface area contributed by atoms with Gasteiger partial charge < -0.3 is 9.53 Å². The van der Waals surface area contributed by atoms with Crippen LogP contribution in [0, 0.1) is 5.92 Å². The Balaban J connectivity index is 2.11. The summed E-state index contributed by atoms with van der Waals surface area (Å²) in [4.78, 5) is 2.53. The summed E-state index contributed by atoms with van der Waals surface area (Å²) in [5.74, 6) is 0.209. The molecule has 1 fully saturated rings. The van der Waals surface area contributed by atoms with Crippen LogP contribution in [0.4, 0.5) is 0 Å². The molecule has 0 unspecified atom stereocenters. The Kier molecular flexibility index (Phi) is 8.88. The second-order valence-corrected chi connectivity index (χ2v) is 17.2. The van der Waals surface area contributed by atoms with Gasteiger partial charge in [0.15, 0.2) is 8.32 Å². The molecule has 0 aliphatic carbocycles. The molecule has 1 heterocycles. The molecule has 178 valence electrons. The SMILES string of the molecule is CC(C)(C)N1CCC[C@@H]([C@@](O)(CCCCO[Si](C)(C)C(C)(C)C)c2cccc(Cl)c2)C1. The topological polar surface area (TPSA) is 32.7 Å².